The van der Waals surface area contributed by atoms with E-state index in [0.717, 1.165) is 5.56 Å². The molecule has 1 aromatic carbocycles. The van der Waals surface area contributed by atoms with E-state index in [1.807, 2.05) is 44.2 Å². The number of hydrogen-bond donors (Lipinski definition) is 0. The Morgan fingerprint density at radius 3 is 2.26 bits per heavy atom. The van der Waals surface area contributed by atoms with Gasteiger partial charge in [-0.05, 0) is 24.3 Å². The van der Waals surface area contributed by atoms with Crippen LogP contribution >= 0.6 is 0 Å². The van der Waals surface area contributed by atoms with Gasteiger partial charge in [-0.25, -0.2) is 0 Å². The minimum Gasteiger partial charge on any atom is -0.427 e. The van der Waals surface area contributed by atoms with Gasteiger partial charge in [0.1, 0.15) is 0 Å². The first-order chi connectivity index (χ1) is 9.10. The second kappa shape index (κ2) is 5.43. The summed E-state index contributed by atoms with van der Waals surface area (Å²) in [7, 11) is 0. The van der Waals surface area contributed by atoms with Gasteiger partial charge >= 0.3 is 11.9 Å². The van der Waals surface area contributed by atoms with Crippen LogP contribution in [0.2, 0.25) is 0 Å². The molecule has 1 saturated heterocycles. The first kappa shape index (κ1) is 13.6. The minimum atomic E-state index is -1.16. The van der Waals surface area contributed by atoms with Gasteiger partial charge in [0, 0.05) is 0 Å². The van der Waals surface area contributed by atoms with Gasteiger partial charge in [-0.2, -0.15) is 0 Å². The monoisotopic (exact) mass is 262 g/mol. The molecule has 2 rings (SSSR count). The number of rotatable bonds is 4. The summed E-state index contributed by atoms with van der Waals surface area (Å²) in [5, 5.41) is 0. The highest BCUT2D eigenvalue weighted by Crippen LogP contribution is 2.39. The molecule has 1 fully saturated rings. The van der Waals surface area contributed by atoms with Crippen LogP contribution in [0.3, 0.4) is 0 Å². The molecule has 0 aliphatic carbocycles. The summed E-state index contributed by atoms with van der Waals surface area (Å²) in [6.07, 6.45) is 0.799. The van der Waals surface area contributed by atoms with Crippen molar-refractivity contribution in [3.8, 4) is 0 Å². The second-order valence-electron chi connectivity index (χ2n) is 4.93. The van der Waals surface area contributed by atoms with Crippen LogP contribution in [0.15, 0.2) is 30.3 Å². The Hall–Kier alpha value is -1.84. The third-order valence-corrected chi connectivity index (χ3v) is 3.79. The molecule has 0 saturated carbocycles. The standard InChI is InChI=1S/C15H18O4/c1-3-15(13(16)18-10-19-14(15)17)9-11(2)12-7-5-4-6-8-12/h4-8,11H,3,9-10H2,1-2H3. The quantitative estimate of drug-likeness (QED) is 0.618. The average Bonchev–Trinajstić information content (AvgIpc) is 2.44. The highest BCUT2D eigenvalue weighted by molar-refractivity contribution is 6.01. The van der Waals surface area contributed by atoms with E-state index in [4.69, 9.17) is 9.47 Å². The molecule has 0 aromatic heterocycles. The molecule has 1 aliphatic heterocycles. The highest BCUT2D eigenvalue weighted by Gasteiger charge is 2.50. The molecular formula is C15H18O4. The van der Waals surface area contributed by atoms with Gasteiger partial charge in [-0.15, -0.1) is 0 Å². The van der Waals surface area contributed by atoms with Crippen LogP contribution in [0.1, 0.15) is 38.2 Å². The van der Waals surface area contributed by atoms with Gasteiger partial charge < -0.3 is 9.47 Å². The van der Waals surface area contributed by atoms with Crippen molar-refractivity contribution in [3.05, 3.63) is 35.9 Å². The highest BCUT2D eigenvalue weighted by atomic mass is 16.7. The molecule has 0 amide bonds. The van der Waals surface area contributed by atoms with Gasteiger partial charge in [0.15, 0.2) is 5.41 Å². The number of benzene rings is 1. The zero-order chi connectivity index (χ0) is 13.9. The van der Waals surface area contributed by atoms with Crippen LogP contribution in [0, 0.1) is 5.41 Å². The van der Waals surface area contributed by atoms with Crippen LogP contribution in [0.25, 0.3) is 0 Å². The Morgan fingerprint density at radius 2 is 1.74 bits per heavy atom. The maximum absolute atomic E-state index is 12.0. The van der Waals surface area contributed by atoms with E-state index in [9.17, 15) is 9.59 Å². The summed E-state index contributed by atoms with van der Waals surface area (Å²) in [5.74, 6) is -0.845. The predicted molar refractivity (Wildman–Crippen MR) is 69.2 cm³/mol. The van der Waals surface area contributed by atoms with E-state index in [1.54, 1.807) is 0 Å². The molecule has 19 heavy (non-hydrogen) atoms. The average molecular weight is 262 g/mol. The third kappa shape index (κ3) is 2.48. The number of carbonyl (C=O) groups is 2. The van der Waals surface area contributed by atoms with Crippen molar-refractivity contribution >= 4 is 11.9 Å². The number of hydrogen-bond acceptors (Lipinski definition) is 4. The minimum absolute atomic E-state index is 0.0827. The number of cyclic esters (lactones) is 2. The second-order valence-corrected chi connectivity index (χ2v) is 4.93. The molecule has 0 N–H and O–H groups in total. The maximum Gasteiger partial charge on any atom is 0.326 e. The third-order valence-electron chi connectivity index (χ3n) is 3.79. The Bertz CT molecular complexity index is 450. The fourth-order valence-corrected chi connectivity index (χ4v) is 2.52. The van der Waals surface area contributed by atoms with E-state index >= 15 is 0 Å². The Balaban J connectivity index is 2.23. The molecular weight excluding hydrogens is 244 g/mol. The van der Waals surface area contributed by atoms with E-state index < -0.39 is 17.4 Å². The number of esters is 2. The summed E-state index contributed by atoms with van der Waals surface area (Å²) in [6.45, 7) is 3.55. The molecule has 1 atom stereocenters. The molecule has 1 aromatic rings. The van der Waals surface area contributed by atoms with Crippen LogP contribution in [0.5, 0.6) is 0 Å². The van der Waals surface area contributed by atoms with E-state index in [0.29, 0.717) is 12.8 Å². The summed E-state index contributed by atoms with van der Waals surface area (Å²) in [6, 6.07) is 9.82. The van der Waals surface area contributed by atoms with E-state index in [1.165, 1.54) is 0 Å². The molecule has 4 nitrogen and oxygen atoms in total. The summed E-state index contributed by atoms with van der Waals surface area (Å²) >= 11 is 0. The lowest BCUT2D eigenvalue weighted by Gasteiger charge is -2.33. The molecule has 1 heterocycles. The van der Waals surface area contributed by atoms with Crippen LogP contribution in [-0.4, -0.2) is 18.7 Å². The Labute approximate surface area is 112 Å². The Morgan fingerprint density at radius 1 is 1.16 bits per heavy atom. The number of carbonyl (C=O) groups excluding carboxylic acids is 2. The van der Waals surface area contributed by atoms with Crippen LogP contribution in [0.4, 0.5) is 0 Å². The van der Waals surface area contributed by atoms with Crippen molar-refractivity contribution < 1.29 is 19.1 Å². The lowest BCUT2D eigenvalue weighted by molar-refractivity contribution is -0.203. The normalized spacial score (nSPS) is 19.5. The van der Waals surface area contributed by atoms with Gasteiger partial charge in [0.25, 0.3) is 0 Å². The molecule has 0 bridgehead atoms. The predicted octanol–water partition coefficient (Wildman–Crippen LogP) is 2.63. The fraction of sp³-hybridized carbons (Fsp3) is 0.467. The van der Waals surface area contributed by atoms with Crippen molar-refractivity contribution in [1.29, 1.82) is 0 Å². The zero-order valence-electron chi connectivity index (χ0n) is 11.2. The maximum atomic E-state index is 12.0. The first-order valence-electron chi connectivity index (χ1n) is 6.49. The molecule has 1 aliphatic rings. The first-order valence-corrected chi connectivity index (χ1v) is 6.49. The molecule has 102 valence electrons. The SMILES string of the molecule is CCC1(CC(C)c2ccccc2)C(=O)OCOC1=O. The van der Waals surface area contributed by atoms with Crippen LogP contribution < -0.4 is 0 Å². The summed E-state index contributed by atoms with van der Waals surface area (Å²) in [4.78, 5) is 24.0. The molecule has 1 unspecified atom stereocenters. The largest absolute Gasteiger partial charge is 0.427 e. The van der Waals surface area contributed by atoms with Gasteiger partial charge in [-0.1, -0.05) is 44.2 Å². The molecule has 4 heteroatoms. The van der Waals surface area contributed by atoms with Crippen LogP contribution in [-0.2, 0) is 19.1 Å². The lowest BCUT2D eigenvalue weighted by Crippen LogP contribution is -2.47. The van der Waals surface area contributed by atoms with Crippen molar-refractivity contribution in [2.45, 2.75) is 32.6 Å². The lowest BCUT2D eigenvalue weighted by atomic mass is 9.75. The number of ether oxygens (including phenoxy) is 2. The van der Waals surface area contributed by atoms with Crippen molar-refractivity contribution in [1.82, 2.24) is 0 Å². The van der Waals surface area contributed by atoms with Gasteiger partial charge in [0.2, 0.25) is 6.79 Å². The van der Waals surface area contributed by atoms with Gasteiger partial charge in [0.05, 0.1) is 0 Å². The van der Waals surface area contributed by atoms with E-state index in [2.05, 4.69) is 0 Å². The fourth-order valence-electron chi connectivity index (χ4n) is 2.52. The van der Waals surface area contributed by atoms with E-state index in [-0.39, 0.29) is 12.7 Å². The topological polar surface area (TPSA) is 52.6 Å². The smallest absolute Gasteiger partial charge is 0.326 e. The molecule has 0 spiro atoms. The van der Waals surface area contributed by atoms with Crippen molar-refractivity contribution in [2.75, 3.05) is 6.79 Å². The zero-order valence-corrected chi connectivity index (χ0v) is 11.2. The van der Waals surface area contributed by atoms with Crippen molar-refractivity contribution in [2.24, 2.45) is 5.41 Å². The molecule has 0 radical (unpaired) electrons. The summed E-state index contributed by atoms with van der Waals surface area (Å²) < 4.78 is 9.82. The summed E-state index contributed by atoms with van der Waals surface area (Å²) in [5.41, 5.74) is -0.0606. The van der Waals surface area contributed by atoms with Gasteiger partial charge in [-0.3, -0.25) is 9.59 Å². The Kier molecular flexibility index (Phi) is 3.88. The van der Waals surface area contributed by atoms with Crippen molar-refractivity contribution in [3.63, 3.8) is 0 Å².